The van der Waals surface area contributed by atoms with Crippen LogP contribution in [0, 0.1) is 13.8 Å². The summed E-state index contributed by atoms with van der Waals surface area (Å²) in [4.78, 5) is 27.4. The van der Waals surface area contributed by atoms with E-state index >= 15 is 0 Å². The number of aromatic amines is 1. The van der Waals surface area contributed by atoms with Crippen molar-refractivity contribution in [3.8, 4) is 0 Å². The number of benzene rings is 1. The second-order valence-corrected chi connectivity index (χ2v) is 6.60. The highest BCUT2D eigenvalue weighted by molar-refractivity contribution is 5.94. The van der Waals surface area contributed by atoms with Gasteiger partial charge in [0.25, 0.3) is 11.5 Å². The number of hydrogen-bond acceptors (Lipinski definition) is 4. The lowest BCUT2D eigenvalue weighted by Gasteiger charge is -2.32. The molecule has 0 saturated carbocycles. The van der Waals surface area contributed by atoms with Gasteiger partial charge in [-0.1, -0.05) is 30.3 Å². The number of nitrogens with one attached hydrogen (secondary N) is 2. The Hall–Kier alpha value is -2.44. The van der Waals surface area contributed by atoms with Crippen LogP contribution in [-0.2, 0) is 16.1 Å². The quantitative estimate of drug-likeness (QED) is 0.860. The van der Waals surface area contributed by atoms with Gasteiger partial charge in [0.1, 0.15) is 11.7 Å². The van der Waals surface area contributed by atoms with Gasteiger partial charge in [-0.25, -0.2) is 0 Å². The van der Waals surface area contributed by atoms with Gasteiger partial charge in [-0.3, -0.25) is 9.59 Å². The largest absolute Gasteiger partial charge is 0.379 e. The van der Waals surface area contributed by atoms with E-state index in [1.54, 1.807) is 6.07 Å². The summed E-state index contributed by atoms with van der Waals surface area (Å²) >= 11 is 0. The second-order valence-electron chi connectivity index (χ2n) is 6.60. The molecule has 0 spiro atoms. The maximum atomic E-state index is 12.6. The molecule has 0 aliphatic carbocycles. The van der Waals surface area contributed by atoms with Gasteiger partial charge in [0, 0.05) is 12.3 Å². The van der Waals surface area contributed by atoms with Gasteiger partial charge in [0.15, 0.2) is 0 Å². The van der Waals surface area contributed by atoms with Gasteiger partial charge >= 0.3 is 0 Å². The zero-order valence-corrected chi connectivity index (χ0v) is 15.1. The average molecular weight is 356 g/mol. The monoisotopic (exact) mass is 356 g/mol. The number of H-pyrrole nitrogens is 1. The van der Waals surface area contributed by atoms with Crippen LogP contribution in [-0.4, -0.2) is 36.3 Å². The number of pyridine rings is 1. The van der Waals surface area contributed by atoms with Crippen LogP contribution in [0.3, 0.4) is 0 Å². The van der Waals surface area contributed by atoms with Crippen molar-refractivity contribution < 1.29 is 14.3 Å². The molecule has 1 fully saturated rings. The van der Waals surface area contributed by atoms with E-state index in [9.17, 15) is 9.59 Å². The highest BCUT2D eigenvalue weighted by Gasteiger charge is 2.29. The molecule has 138 valence electrons. The lowest BCUT2D eigenvalue weighted by molar-refractivity contribution is -0.0736. The molecule has 1 saturated heterocycles. The van der Waals surface area contributed by atoms with Crippen LogP contribution in [0.1, 0.15) is 33.6 Å². The minimum absolute atomic E-state index is 0.126. The summed E-state index contributed by atoms with van der Waals surface area (Å²) < 4.78 is 11.5. The first-order valence-electron chi connectivity index (χ1n) is 8.79. The predicted molar refractivity (Wildman–Crippen MR) is 98.2 cm³/mol. The van der Waals surface area contributed by atoms with Crippen molar-refractivity contribution in [2.45, 2.75) is 39.0 Å². The van der Waals surface area contributed by atoms with Crippen molar-refractivity contribution in [2.24, 2.45) is 0 Å². The van der Waals surface area contributed by atoms with Crippen molar-refractivity contribution in [3.05, 3.63) is 69.1 Å². The molecule has 26 heavy (non-hydrogen) atoms. The summed E-state index contributed by atoms with van der Waals surface area (Å²) in [5.41, 5.74) is 2.45. The zero-order valence-electron chi connectivity index (χ0n) is 15.1. The number of carbonyl (C=O) groups is 1. The van der Waals surface area contributed by atoms with Crippen molar-refractivity contribution in [1.29, 1.82) is 0 Å². The van der Waals surface area contributed by atoms with E-state index in [2.05, 4.69) is 10.3 Å². The number of aryl methyl sites for hydroxylation is 2. The molecule has 1 amide bonds. The molecule has 3 rings (SSSR count). The van der Waals surface area contributed by atoms with E-state index in [1.165, 1.54) is 0 Å². The van der Waals surface area contributed by atoms with Crippen LogP contribution < -0.4 is 10.9 Å². The molecule has 0 bridgehead atoms. The number of rotatable bonds is 5. The molecule has 1 aromatic heterocycles. The molecule has 1 aliphatic rings. The zero-order chi connectivity index (χ0) is 18.5. The summed E-state index contributed by atoms with van der Waals surface area (Å²) in [6.45, 7) is 5.10. The predicted octanol–water partition coefficient (Wildman–Crippen LogP) is 2.10. The number of hydrogen-bond donors (Lipinski definition) is 2. The molecule has 2 heterocycles. The molecule has 6 nitrogen and oxygen atoms in total. The van der Waals surface area contributed by atoms with Crippen LogP contribution in [0.5, 0.6) is 0 Å². The molecule has 0 radical (unpaired) electrons. The van der Waals surface area contributed by atoms with Crippen molar-refractivity contribution in [2.75, 3.05) is 13.2 Å². The number of carbonyl (C=O) groups excluding carboxylic acids is 1. The Morgan fingerprint density at radius 2 is 2.08 bits per heavy atom. The van der Waals surface area contributed by atoms with Crippen LogP contribution in [0.15, 0.2) is 41.2 Å². The van der Waals surface area contributed by atoms with E-state index in [4.69, 9.17) is 9.47 Å². The van der Waals surface area contributed by atoms with Crippen LogP contribution in [0.2, 0.25) is 0 Å². The minimum atomic E-state index is -0.380. The molecule has 2 atom stereocenters. The average Bonchev–Trinajstić information content (AvgIpc) is 2.64. The molecule has 1 aromatic carbocycles. The standard InChI is InChI=1S/C20H24N2O4/c1-13-10-16(19(23)21-14(13)2)20(24)22-17-8-9-25-12-18(17)26-11-15-6-4-3-5-7-15/h3-7,10,17-18H,8-9,11-12H2,1-2H3,(H,21,23)(H,22,24)/t17-,18-/m1/s1. The molecule has 0 unspecified atom stereocenters. The highest BCUT2D eigenvalue weighted by Crippen LogP contribution is 2.15. The van der Waals surface area contributed by atoms with E-state index in [0.717, 1.165) is 16.8 Å². The van der Waals surface area contributed by atoms with Gasteiger partial charge in [-0.2, -0.15) is 0 Å². The van der Waals surface area contributed by atoms with Crippen molar-refractivity contribution >= 4 is 5.91 Å². The topological polar surface area (TPSA) is 80.4 Å². The summed E-state index contributed by atoms with van der Waals surface area (Å²) in [7, 11) is 0. The number of amides is 1. The third-order valence-electron chi connectivity index (χ3n) is 4.67. The van der Waals surface area contributed by atoms with Crippen LogP contribution in [0.4, 0.5) is 0 Å². The first-order chi connectivity index (χ1) is 12.5. The van der Waals surface area contributed by atoms with Gasteiger partial charge < -0.3 is 19.8 Å². The Labute approximate surface area is 152 Å². The molecule has 1 aliphatic heterocycles. The fourth-order valence-corrected chi connectivity index (χ4v) is 2.96. The van der Waals surface area contributed by atoms with E-state index in [1.807, 2.05) is 44.2 Å². The fourth-order valence-electron chi connectivity index (χ4n) is 2.96. The number of aromatic nitrogens is 1. The van der Waals surface area contributed by atoms with E-state index < -0.39 is 0 Å². The first-order valence-corrected chi connectivity index (χ1v) is 8.79. The summed E-state index contributed by atoms with van der Waals surface area (Å²) in [6.07, 6.45) is 0.395. The summed E-state index contributed by atoms with van der Waals surface area (Å²) in [5.74, 6) is -0.380. The minimum Gasteiger partial charge on any atom is -0.379 e. The Kier molecular flexibility index (Phi) is 5.85. The van der Waals surface area contributed by atoms with Crippen molar-refractivity contribution in [1.82, 2.24) is 10.3 Å². The van der Waals surface area contributed by atoms with E-state index in [0.29, 0.717) is 26.2 Å². The summed E-state index contributed by atoms with van der Waals surface area (Å²) in [5, 5.41) is 2.95. The molecule has 2 N–H and O–H groups in total. The smallest absolute Gasteiger partial charge is 0.261 e. The van der Waals surface area contributed by atoms with Gasteiger partial charge in [0.2, 0.25) is 0 Å². The molecule has 6 heteroatoms. The third-order valence-corrected chi connectivity index (χ3v) is 4.67. The highest BCUT2D eigenvalue weighted by atomic mass is 16.5. The van der Waals surface area contributed by atoms with Gasteiger partial charge in [0.05, 0.1) is 19.3 Å². The molecular weight excluding hydrogens is 332 g/mol. The maximum absolute atomic E-state index is 12.6. The van der Waals surface area contributed by atoms with Crippen LogP contribution in [0.25, 0.3) is 0 Å². The summed E-state index contributed by atoms with van der Waals surface area (Å²) in [6, 6.07) is 11.3. The molecule has 2 aromatic rings. The van der Waals surface area contributed by atoms with Gasteiger partial charge in [-0.15, -0.1) is 0 Å². The maximum Gasteiger partial charge on any atom is 0.261 e. The first kappa shape index (κ1) is 18.4. The Morgan fingerprint density at radius 3 is 2.85 bits per heavy atom. The Balaban J connectivity index is 1.67. The molecular formula is C20H24N2O4. The van der Waals surface area contributed by atoms with Gasteiger partial charge in [-0.05, 0) is 37.5 Å². The van der Waals surface area contributed by atoms with Crippen molar-refractivity contribution in [3.63, 3.8) is 0 Å². The van der Waals surface area contributed by atoms with E-state index in [-0.39, 0.29) is 29.2 Å². The Bertz CT molecular complexity index is 816. The van der Waals surface area contributed by atoms with Crippen LogP contribution >= 0.6 is 0 Å². The SMILES string of the molecule is Cc1cc(C(=O)N[C@@H]2CCOC[C@H]2OCc2ccccc2)c(=O)[nH]c1C. The lowest BCUT2D eigenvalue weighted by Crippen LogP contribution is -2.50. The third kappa shape index (κ3) is 4.39. The fraction of sp³-hybridized carbons (Fsp3) is 0.400. The second kappa shape index (κ2) is 8.29. The normalized spacial score (nSPS) is 19.9. The lowest BCUT2D eigenvalue weighted by atomic mass is 10.0. The Morgan fingerprint density at radius 1 is 1.31 bits per heavy atom. The number of ether oxygens (including phenoxy) is 2.